The van der Waals surface area contributed by atoms with E-state index < -0.39 is 12.1 Å². The lowest BCUT2D eigenvalue weighted by atomic mass is 9.78. The van der Waals surface area contributed by atoms with E-state index in [1.54, 1.807) is 19.3 Å². The van der Waals surface area contributed by atoms with E-state index in [2.05, 4.69) is 11.9 Å². The van der Waals surface area contributed by atoms with E-state index in [9.17, 15) is 9.90 Å². The molecule has 2 bridgehead atoms. The second kappa shape index (κ2) is 10.7. The second-order valence-electron chi connectivity index (χ2n) is 11.2. The molecule has 1 fully saturated rings. The Balaban J connectivity index is 1.42. The number of methoxy groups -OCH3 is 1. The van der Waals surface area contributed by atoms with Gasteiger partial charge in [0, 0.05) is 28.0 Å². The number of ether oxygens (including phenoxy) is 5. The maximum atomic E-state index is 14.3. The van der Waals surface area contributed by atoms with Crippen LogP contribution >= 0.6 is 0 Å². The van der Waals surface area contributed by atoms with Crippen LogP contribution in [0.15, 0.2) is 54.8 Å². The van der Waals surface area contributed by atoms with Crippen molar-refractivity contribution < 1.29 is 33.6 Å². The number of nitrogens with one attached hydrogen (secondary N) is 1. The summed E-state index contributed by atoms with van der Waals surface area (Å²) in [6.45, 7) is 8.74. The van der Waals surface area contributed by atoms with Gasteiger partial charge in [0.25, 0.3) is 0 Å². The number of hydrogen-bond donors (Lipinski definition) is 2. The average Bonchev–Trinajstić information content (AvgIpc) is 3.50. The van der Waals surface area contributed by atoms with Crippen molar-refractivity contribution in [3.8, 4) is 28.7 Å². The summed E-state index contributed by atoms with van der Waals surface area (Å²) in [5.74, 6) is 2.32. The van der Waals surface area contributed by atoms with Crippen molar-refractivity contribution in [2.45, 2.75) is 45.0 Å². The highest BCUT2D eigenvalue weighted by molar-refractivity contribution is 5.91. The van der Waals surface area contributed by atoms with Crippen LogP contribution in [0.25, 0.3) is 6.08 Å². The molecule has 9 nitrogen and oxygen atoms in total. The molecule has 4 aliphatic heterocycles. The van der Waals surface area contributed by atoms with E-state index in [0.717, 1.165) is 44.6 Å². The maximum absolute atomic E-state index is 14.3. The number of phenolic OH excluding ortho intramolecular Hbond substituents is 1. The Labute approximate surface area is 250 Å². The number of carbonyl (C=O) groups is 1. The van der Waals surface area contributed by atoms with Gasteiger partial charge in [0.2, 0.25) is 12.7 Å². The Kier molecular flexibility index (Phi) is 6.79. The molecule has 222 valence electrons. The van der Waals surface area contributed by atoms with Crippen LogP contribution in [0.5, 0.6) is 28.7 Å². The van der Waals surface area contributed by atoms with Crippen molar-refractivity contribution >= 4 is 12.0 Å². The largest absolute Gasteiger partial charge is 0.504 e. The van der Waals surface area contributed by atoms with Crippen molar-refractivity contribution in [1.82, 2.24) is 10.2 Å². The standard InChI is InChI=1S/C34H34N2O7/c1-5-11-41-30-19(3)32-33(43-17-42-32)28-22(30)14-24-29-27-18(2)31(39-4)26(37)13-21(27)12-23(35-29)34(38)36(24)25(28)16-40-15-20-9-7-6-8-10-20/h5-10,13-14,23,25,29,35,37H,1,11-12,15-17H2,2-4H3/t23-,25-,29-/m0/s1. The molecular weight excluding hydrogens is 548 g/mol. The summed E-state index contributed by atoms with van der Waals surface area (Å²) in [7, 11) is 1.55. The first kappa shape index (κ1) is 27.4. The van der Waals surface area contributed by atoms with Crippen LogP contribution in [0.3, 0.4) is 0 Å². The highest BCUT2D eigenvalue weighted by atomic mass is 16.7. The predicted octanol–water partition coefficient (Wildman–Crippen LogP) is 5.02. The third-order valence-electron chi connectivity index (χ3n) is 8.77. The van der Waals surface area contributed by atoms with Gasteiger partial charge in [-0.15, -0.1) is 0 Å². The first-order valence-electron chi connectivity index (χ1n) is 14.4. The predicted molar refractivity (Wildman–Crippen MR) is 159 cm³/mol. The number of rotatable bonds is 8. The van der Waals surface area contributed by atoms with Gasteiger partial charge in [0.05, 0.1) is 38.4 Å². The Hall–Kier alpha value is -4.47. The van der Waals surface area contributed by atoms with Crippen molar-refractivity contribution in [2.24, 2.45) is 0 Å². The molecule has 4 aliphatic rings. The molecule has 0 saturated carbocycles. The minimum atomic E-state index is -0.499. The Morgan fingerprint density at radius 1 is 1.12 bits per heavy atom. The molecule has 0 spiro atoms. The summed E-state index contributed by atoms with van der Waals surface area (Å²) >= 11 is 0. The average molecular weight is 583 g/mol. The zero-order valence-corrected chi connectivity index (χ0v) is 24.4. The molecule has 0 unspecified atom stereocenters. The van der Waals surface area contributed by atoms with Crippen molar-refractivity contribution in [1.29, 1.82) is 0 Å². The highest BCUT2D eigenvalue weighted by Gasteiger charge is 2.50. The van der Waals surface area contributed by atoms with Gasteiger partial charge in [-0.1, -0.05) is 43.0 Å². The number of benzene rings is 3. The van der Waals surface area contributed by atoms with Crippen molar-refractivity contribution in [2.75, 3.05) is 27.1 Å². The number of fused-ring (bicyclic) bond motifs is 9. The SMILES string of the molecule is C=CCOc1c(C)c2c(c3c1C=C1[C@@H]4N[C@@H](Cc5cc(O)c(OC)c(C)c54)C(=O)N1[C@H]3COCc1ccccc1)OCO2. The lowest BCUT2D eigenvalue weighted by molar-refractivity contribution is -0.138. The molecule has 3 aromatic carbocycles. The molecule has 0 aliphatic carbocycles. The minimum absolute atomic E-state index is 0.0677. The highest BCUT2D eigenvalue weighted by Crippen LogP contribution is 2.56. The van der Waals surface area contributed by atoms with E-state index in [1.807, 2.05) is 55.2 Å². The zero-order chi connectivity index (χ0) is 29.8. The monoisotopic (exact) mass is 582 g/mol. The third kappa shape index (κ3) is 4.25. The number of hydrogen-bond acceptors (Lipinski definition) is 8. The van der Waals surface area contributed by atoms with Crippen LogP contribution < -0.4 is 24.3 Å². The maximum Gasteiger partial charge on any atom is 0.244 e. The Morgan fingerprint density at radius 2 is 1.91 bits per heavy atom. The number of amides is 1. The van der Waals surface area contributed by atoms with Gasteiger partial charge < -0.3 is 33.7 Å². The summed E-state index contributed by atoms with van der Waals surface area (Å²) in [6, 6.07) is 10.4. The van der Waals surface area contributed by atoms with Gasteiger partial charge in [-0.25, -0.2) is 0 Å². The molecular formula is C34H34N2O7. The minimum Gasteiger partial charge on any atom is -0.504 e. The summed E-state index contributed by atoms with van der Waals surface area (Å²) in [5.41, 5.74) is 7.02. The molecule has 7 rings (SSSR count). The summed E-state index contributed by atoms with van der Waals surface area (Å²) in [4.78, 5) is 16.2. The van der Waals surface area contributed by atoms with Crippen LogP contribution in [-0.4, -0.2) is 49.1 Å². The molecule has 9 heteroatoms. The number of nitrogens with zero attached hydrogens (tertiary/aromatic N) is 1. The lowest BCUT2D eigenvalue weighted by Crippen LogP contribution is -2.60. The van der Waals surface area contributed by atoms with Crippen LogP contribution in [0.1, 0.15) is 51.0 Å². The smallest absolute Gasteiger partial charge is 0.244 e. The van der Waals surface area contributed by atoms with Gasteiger partial charge in [0.1, 0.15) is 12.4 Å². The van der Waals surface area contributed by atoms with E-state index in [-0.39, 0.29) is 31.1 Å². The van der Waals surface area contributed by atoms with Crippen molar-refractivity contribution in [3.05, 3.63) is 93.7 Å². The molecule has 0 radical (unpaired) electrons. The molecule has 0 aromatic heterocycles. The molecule has 2 N–H and O–H groups in total. The number of piperazine rings is 1. The molecule has 1 amide bonds. The van der Waals surface area contributed by atoms with Crippen molar-refractivity contribution in [3.63, 3.8) is 0 Å². The quantitative estimate of drug-likeness (QED) is 0.358. The molecule has 3 aromatic rings. The van der Waals surface area contributed by atoms with Gasteiger partial charge in [-0.3, -0.25) is 10.1 Å². The third-order valence-corrected chi connectivity index (χ3v) is 8.77. The molecule has 1 saturated heterocycles. The van der Waals surface area contributed by atoms with Crippen LogP contribution in [0.2, 0.25) is 0 Å². The Morgan fingerprint density at radius 3 is 2.67 bits per heavy atom. The fourth-order valence-corrected chi connectivity index (χ4v) is 6.97. The van der Waals surface area contributed by atoms with Crippen LogP contribution in [-0.2, 0) is 22.6 Å². The number of phenols is 1. The fourth-order valence-electron chi connectivity index (χ4n) is 6.97. The summed E-state index contributed by atoms with van der Waals surface area (Å²) < 4.78 is 30.2. The number of aromatic hydroxyl groups is 1. The van der Waals surface area contributed by atoms with Crippen LogP contribution in [0.4, 0.5) is 0 Å². The summed E-state index contributed by atoms with van der Waals surface area (Å²) in [5, 5.41) is 14.3. The normalized spacial score (nSPS) is 21.0. The first-order chi connectivity index (χ1) is 20.9. The topological polar surface area (TPSA) is 98.7 Å². The fraction of sp³-hybridized carbons (Fsp3) is 0.324. The van der Waals surface area contributed by atoms with E-state index in [1.165, 1.54) is 0 Å². The summed E-state index contributed by atoms with van der Waals surface area (Å²) in [6.07, 6.45) is 4.17. The van der Waals surface area contributed by atoms with Crippen LogP contribution in [0, 0.1) is 13.8 Å². The molecule has 4 heterocycles. The molecule has 3 atom stereocenters. The first-order valence-corrected chi connectivity index (χ1v) is 14.4. The zero-order valence-electron chi connectivity index (χ0n) is 24.4. The van der Waals surface area contributed by atoms with Gasteiger partial charge in [-0.05, 0) is 49.1 Å². The molecule has 43 heavy (non-hydrogen) atoms. The van der Waals surface area contributed by atoms with Gasteiger partial charge in [0.15, 0.2) is 23.0 Å². The second-order valence-corrected chi connectivity index (χ2v) is 11.2. The lowest BCUT2D eigenvalue weighted by Gasteiger charge is -2.50. The van der Waals surface area contributed by atoms with E-state index in [0.29, 0.717) is 42.6 Å². The Bertz CT molecular complexity index is 1670. The number of carbonyl (C=O) groups excluding carboxylic acids is 1. The van der Waals surface area contributed by atoms with E-state index >= 15 is 0 Å². The van der Waals surface area contributed by atoms with E-state index in [4.69, 9.17) is 23.7 Å². The van der Waals surface area contributed by atoms with Gasteiger partial charge in [-0.2, -0.15) is 0 Å². The van der Waals surface area contributed by atoms with Gasteiger partial charge >= 0.3 is 0 Å².